The van der Waals surface area contributed by atoms with Crippen LogP contribution in [0.2, 0.25) is 0 Å². The van der Waals surface area contributed by atoms with Crippen LogP contribution in [0.15, 0.2) is 40.8 Å². The van der Waals surface area contributed by atoms with Gasteiger partial charge >= 0.3 is 6.61 Å². The number of aliphatic hydroxyl groups excluding tert-OH is 1. The van der Waals surface area contributed by atoms with E-state index in [-0.39, 0.29) is 12.3 Å². The van der Waals surface area contributed by atoms with Crippen LogP contribution < -0.4 is 10.1 Å². The van der Waals surface area contributed by atoms with Crippen molar-refractivity contribution in [1.29, 1.82) is 0 Å². The molecule has 6 heteroatoms. The Bertz CT molecular complexity index is 674. The number of rotatable bonds is 8. The molecule has 3 unspecified atom stereocenters. The largest absolute Gasteiger partial charge is 0.464 e. The van der Waals surface area contributed by atoms with E-state index in [4.69, 9.17) is 4.42 Å². The van der Waals surface area contributed by atoms with Gasteiger partial charge in [0.15, 0.2) is 0 Å². The average Bonchev–Trinajstić information content (AvgIpc) is 3.08. The van der Waals surface area contributed by atoms with Crippen LogP contribution in [0.25, 0.3) is 0 Å². The summed E-state index contributed by atoms with van der Waals surface area (Å²) >= 11 is 0. The Morgan fingerprint density at radius 3 is 2.83 bits per heavy atom. The van der Waals surface area contributed by atoms with Gasteiger partial charge in [-0.1, -0.05) is 19.1 Å². The number of aliphatic hydroxyl groups is 1. The van der Waals surface area contributed by atoms with Crippen LogP contribution >= 0.6 is 0 Å². The zero-order valence-electron chi connectivity index (χ0n) is 13.4. The summed E-state index contributed by atoms with van der Waals surface area (Å²) in [6, 6.07) is 10.0. The summed E-state index contributed by atoms with van der Waals surface area (Å²) in [5.74, 6) is 3.13. The Balaban J connectivity index is 1.48. The Morgan fingerprint density at radius 1 is 1.33 bits per heavy atom. The monoisotopic (exact) mass is 337 g/mol. The lowest BCUT2D eigenvalue weighted by molar-refractivity contribution is -0.0499. The van der Waals surface area contributed by atoms with E-state index in [1.807, 2.05) is 12.1 Å². The van der Waals surface area contributed by atoms with E-state index in [1.165, 1.54) is 18.6 Å². The highest BCUT2D eigenvalue weighted by Crippen LogP contribution is 2.47. The molecular formula is C18H21F2NO3. The average molecular weight is 337 g/mol. The molecule has 0 spiro atoms. The molecule has 0 bridgehead atoms. The van der Waals surface area contributed by atoms with Gasteiger partial charge < -0.3 is 19.6 Å². The van der Waals surface area contributed by atoms with Crippen LogP contribution in [-0.4, -0.2) is 18.3 Å². The van der Waals surface area contributed by atoms with Gasteiger partial charge in [-0.15, -0.1) is 0 Å². The number of hydrogen-bond donors (Lipinski definition) is 2. The molecule has 2 N–H and O–H groups in total. The van der Waals surface area contributed by atoms with Gasteiger partial charge in [0.2, 0.25) is 0 Å². The first-order valence-corrected chi connectivity index (χ1v) is 8.05. The molecule has 0 saturated heterocycles. The lowest BCUT2D eigenvalue weighted by Crippen LogP contribution is -2.20. The standard InChI is InChI=1S/C18H21F2NO3/c1-11-7-15(11)17-6-5-14(23-17)9-21-10-16(22)12-3-2-4-13(8-12)24-18(19)20/h2-6,8,11,15-16,18,21-22H,7,9-10H2,1H3. The van der Waals surface area contributed by atoms with Crippen molar-refractivity contribution < 1.29 is 23.0 Å². The van der Waals surface area contributed by atoms with Crippen molar-refractivity contribution in [3.8, 4) is 5.75 Å². The van der Waals surface area contributed by atoms with Crippen LogP contribution in [0.4, 0.5) is 8.78 Å². The third kappa shape index (κ3) is 4.33. The zero-order chi connectivity index (χ0) is 17.1. The SMILES string of the molecule is CC1CC1c1ccc(CNCC(O)c2cccc(OC(F)F)c2)o1. The van der Waals surface area contributed by atoms with Gasteiger partial charge in [-0.3, -0.25) is 0 Å². The van der Waals surface area contributed by atoms with E-state index in [0.29, 0.717) is 23.9 Å². The maximum Gasteiger partial charge on any atom is 0.387 e. The third-order valence-electron chi connectivity index (χ3n) is 4.26. The first-order valence-electron chi connectivity index (χ1n) is 8.05. The maximum atomic E-state index is 12.2. The van der Waals surface area contributed by atoms with Crippen molar-refractivity contribution >= 4 is 0 Å². The van der Waals surface area contributed by atoms with Crippen LogP contribution in [-0.2, 0) is 6.54 Å². The number of benzene rings is 1. The molecule has 3 atom stereocenters. The Morgan fingerprint density at radius 2 is 2.12 bits per heavy atom. The molecule has 3 rings (SSSR count). The van der Waals surface area contributed by atoms with E-state index in [9.17, 15) is 13.9 Å². The molecule has 1 fully saturated rings. The molecule has 2 aromatic rings. The minimum atomic E-state index is -2.88. The van der Waals surface area contributed by atoms with Gasteiger partial charge in [0.05, 0.1) is 12.6 Å². The van der Waals surface area contributed by atoms with Crippen LogP contribution in [0.1, 0.15) is 42.5 Å². The quantitative estimate of drug-likeness (QED) is 0.769. The lowest BCUT2D eigenvalue weighted by Gasteiger charge is -2.13. The number of alkyl halides is 2. The second-order valence-electron chi connectivity index (χ2n) is 6.22. The van der Waals surface area contributed by atoms with Gasteiger partial charge in [0.25, 0.3) is 0 Å². The summed E-state index contributed by atoms with van der Waals surface area (Å²) in [5, 5.41) is 13.3. The summed E-state index contributed by atoms with van der Waals surface area (Å²) in [4.78, 5) is 0. The van der Waals surface area contributed by atoms with Crippen molar-refractivity contribution in [3.63, 3.8) is 0 Å². The van der Waals surface area contributed by atoms with E-state index in [0.717, 1.165) is 11.5 Å². The van der Waals surface area contributed by atoms with Crippen molar-refractivity contribution in [2.45, 2.75) is 38.5 Å². The first kappa shape index (κ1) is 16.9. The molecule has 1 aliphatic carbocycles. The van der Waals surface area contributed by atoms with Gasteiger partial charge in [-0.2, -0.15) is 8.78 Å². The minimum Gasteiger partial charge on any atom is -0.464 e. The molecule has 1 heterocycles. The normalized spacial score (nSPS) is 21.0. The summed E-state index contributed by atoms with van der Waals surface area (Å²) in [5.41, 5.74) is 0.521. The van der Waals surface area contributed by atoms with E-state index >= 15 is 0 Å². The van der Waals surface area contributed by atoms with Crippen molar-refractivity contribution in [2.75, 3.05) is 6.54 Å². The van der Waals surface area contributed by atoms with E-state index in [1.54, 1.807) is 12.1 Å². The first-order chi connectivity index (χ1) is 11.5. The predicted molar refractivity (Wildman–Crippen MR) is 85.0 cm³/mol. The molecule has 1 saturated carbocycles. The summed E-state index contributed by atoms with van der Waals surface area (Å²) in [7, 11) is 0. The van der Waals surface area contributed by atoms with Gasteiger partial charge in [-0.25, -0.2) is 0 Å². The number of nitrogens with one attached hydrogen (secondary N) is 1. The fourth-order valence-corrected chi connectivity index (χ4v) is 2.76. The molecule has 1 aromatic carbocycles. The number of ether oxygens (including phenoxy) is 1. The molecule has 4 nitrogen and oxygen atoms in total. The Labute approximate surface area is 139 Å². The second kappa shape index (κ2) is 7.32. The molecule has 0 aliphatic heterocycles. The van der Waals surface area contributed by atoms with Crippen molar-refractivity contribution in [1.82, 2.24) is 5.32 Å². The summed E-state index contributed by atoms with van der Waals surface area (Å²) in [6.45, 7) is 0.116. The topological polar surface area (TPSA) is 54.6 Å². The molecule has 0 radical (unpaired) electrons. The van der Waals surface area contributed by atoms with Gasteiger partial charge in [0.1, 0.15) is 17.3 Å². The lowest BCUT2D eigenvalue weighted by atomic mass is 10.1. The highest BCUT2D eigenvalue weighted by molar-refractivity contribution is 5.30. The fourth-order valence-electron chi connectivity index (χ4n) is 2.76. The van der Waals surface area contributed by atoms with Crippen LogP contribution in [0.3, 0.4) is 0 Å². The highest BCUT2D eigenvalue weighted by Gasteiger charge is 2.36. The fraction of sp³-hybridized carbons (Fsp3) is 0.444. The third-order valence-corrected chi connectivity index (χ3v) is 4.26. The molecule has 1 aliphatic rings. The maximum absolute atomic E-state index is 12.2. The van der Waals surface area contributed by atoms with Crippen molar-refractivity contribution in [3.05, 3.63) is 53.5 Å². The summed E-state index contributed by atoms with van der Waals surface area (Å²) < 4.78 is 34.6. The van der Waals surface area contributed by atoms with E-state index < -0.39 is 12.7 Å². The van der Waals surface area contributed by atoms with Crippen LogP contribution in [0, 0.1) is 5.92 Å². The Hall–Kier alpha value is -1.92. The van der Waals surface area contributed by atoms with Crippen LogP contribution in [0.5, 0.6) is 5.75 Å². The molecule has 130 valence electrons. The Kier molecular flexibility index (Phi) is 5.16. The number of furan rings is 1. The van der Waals surface area contributed by atoms with Crippen molar-refractivity contribution in [2.24, 2.45) is 5.92 Å². The van der Waals surface area contributed by atoms with E-state index in [2.05, 4.69) is 17.0 Å². The summed E-state index contributed by atoms with van der Waals surface area (Å²) in [6.07, 6.45) is 0.361. The molecular weight excluding hydrogens is 316 g/mol. The number of hydrogen-bond acceptors (Lipinski definition) is 4. The van der Waals surface area contributed by atoms with Gasteiger partial charge in [-0.05, 0) is 42.2 Å². The molecule has 24 heavy (non-hydrogen) atoms. The minimum absolute atomic E-state index is 0.0378. The number of halogens is 2. The zero-order valence-corrected chi connectivity index (χ0v) is 13.4. The van der Waals surface area contributed by atoms with Gasteiger partial charge in [0, 0.05) is 12.5 Å². The second-order valence-corrected chi connectivity index (χ2v) is 6.22. The molecule has 0 amide bonds. The molecule has 1 aromatic heterocycles. The highest BCUT2D eigenvalue weighted by atomic mass is 19.3. The smallest absolute Gasteiger partial charge is 0.387 e. The predicted octanol–water partition coefficient (Wildman–Crippen LogP) is 3.83.